The average molecular weight is 469 g/mol. The third-order valence-electron chi connectivity index (χ3n) is 6.49. The van der Waals surface area contributed by atoms with Gasteiger partial charge in [0.1, 0.15) is 17.2 Å². The lowest BCUT2D eigenvalue weighted by Gasteiger charge is -2.42. The number of amides is 1. The first-order valence-electron chi connectivity index (χ1n) is 10.7. The summed E-state index contributed by atoms with van der Waals surface area (Å²) < 4.78 is 40.1. The Bertz CT molecular complexity index is 955. The maximum atomic E-state index is 13.4. The lowest BCUT2D eigenvalue weighted by molar-refractivity contribution is -0.196. The minimum atomic E-state index is -4.41. The Morgan fingerprint density at radius 2 is 1.97 bits per heavy atom. The summed E-state index contributed by atoms with van der Waals surface area (Å²) in [7, 11) is 3.53. The van der Waals surface area contributed by atoms with Crippen LogP contribution in [0.5, 0.6) is 0 Å². The molecule has 3 N–H and O–H groups in total. The number of hydrogen-bond acceptors (Lipinski definition) is 7. The zero-order valence-electron chi connectivity index (χ0n) is 19.6. The predicted octanol–water partition coefficient (Wildman–Crippen LogP) is 1.47. The van der Waals surface area contributed by atoms with Gasteiger partial charge in [-0.15, -0.1) is 4.80 Å². The Morgan fingerprint density at radius 3 is 2.55 bits per heavy atom. The average Bonchev–Trinajstić information content (AvgIpc) is 3.29. The Kier molecular flexibility index (Phi) is 6.66. The number of nitrogens with zero attached hydrogens (tertiary/aromatic N) is 5. The molecule has 0 saturated carbocycles. The van der Waals surface area contributed by atoms with Gasteiger partial charge in [0.15, 0.2) is 5.54 Å². The van der Waals surface area contributed by atoms with Crippen LogP contribution >= 0.6 is 0 Å². The number of hydrogen-bond donors (Lipinski definition) is 3. The van der Waals surface area contributed by atoms with Crippen molar-refractivity contribution in [3.8, 4) is 0 Å². The van der Waals surface area contributed by atoms with Gasteiger partial charge in [0, 0.05) is 38.9 Å². The van der Waals surface area contributed by atoms with Crippen LogP contribution in [0.1, 0.15) is 27.7 Å². The molecule has 0 bridgehead atoms. The Morgan fingerprint density at radius 1 is 1.33 bits per heavy atom. The van der Waals surface area contributed by atoms with E-state index in [4.69, 9.17) is 0 Å². The molecule has 33 heavy (non-hydrogen) atoms. The van der Waals surface area contributed by atoms with Crippen molar-refractivity contribution in [1.82, 2.24) is 40.7 Å². The molecule has 0 spiro atoms. The van der Waals surface area contributed by atoms with Crippen LogP contribution in [-0.2, 0) is 4.79 Å². The summed E-state index contributed by atoms with van der Waals surface area (Å²) in [5, 5.41) is 16.7. The van der Waals surface area contributed by atoms with E-state index >= 15 is 0 Å². The first-order chi connectivity index (χ1) is 15.4. The van der Waals surface area contributed by atoms with Crippen molar-refractivity contribution in [2.45, 2.75) is 57.5 Å². The molecule has 3 unspecified atom stereocenters. The second kappa shape index (κ2) is 8.99. The van der Waals surface area contributed by atoms with Crippen molar-refractivity contribution in [1.29, 1.82) is 0 Å². The van der Waals surface area contributed by atoms with Gasteiger partial charge in [-0.1, -0.05) is 6.08 Å². The van der Waals surface area contributed by atoms with Gasteiger partial charge in [-0.05, 0) is 33.8 Å². The summed E-state index contributed by atoms with van der Waals surface area (Å²) in [6, 6.07) is -1.14. The fourth-order valence-corrected chi connectivity index (χ4v) is 3.54. The molecule has 0 aromatic carbocycles. The Balaban J connectivity index is 1.70. The summed E-state index contributed by atoms with van der Waals surface area (Å²) in [6.45, 7) is 6.75. The second-order valence-corrected chi connectivity index (χ2v) is 8.68. The Labute approximate surface area is 191 Å². The van der Waals surface area contributed by atoms with Crippen molar-refractivity contribution in [2.24, 2.45) is 0 Å². The van der Waals surface area contributed by atoms with Gasteiger partial charge < -0.3 is 25.8 Å². The van der Waals surface area contributed by atoms with Crippen molar-refractivity contribution >= 4 is 11.6 Å². The van der Waals surface area contributed by atoms with Crippen LogP contribution in [0.15, 0.2) is 42.3 Å². The van der Waals surface area contributed by atoms with Crippen molar-refractivity contribution < 1.29 is 18.0 Å². The molecule has 2 aliphatic rings. The fraction of sp³-hybridized carbons (Fsp3) is 0.571. The van der Waals surface area contributed by atoms with Crippen molar-refractivity contribution in [2.75, 3.05) is 20.6 Å². The van der Waals surface area contributed by atoms with Crippen molar-refractivity contribution in [3.63, 3.8) is 0 Å². The molecule has 0 saturated heterocycles. The highest BCUT2D eigenvalue weighted by atomic mass is 19.4. The van der Waals surface area contributed by atoms with Gasteiger partial charge in [-0.2, -0.15) is 23.4 Å². The Hall–Kier alpha value is -3.18. The molecule has 9 nitrogen and oxygen atoms in total. The molecular weight excluding hydrogens is 437 g/mol. The van der Waals surface area contributed by atoms with E-state index in [0.29, 0.717) is 23.8 Å². The topological polar surface area (TPSA) is 90.3 Å². The largest absolute Gasteiger partial charge is 0.413 e. The van der Waals surface area contributed by atoms with Crippen LogP contribution in [0.4, 0.5) is 13.2 Å². The molecule has 3 rings (SSSR count). The highest BCUT2D eigenvalue weighted by Crippen LogP contribution is 2.34. The standard InChI is InChI=1S/C21H31F3N8O/c1-13-7-8-16(32-27-9-10-28-32)18(30(13)5)19(33)31(6)14(2)11-25-17-12-26-20(4,15(3)29-17)21(22,23)24/h7-10,12-15,25-26,29H,11H2,1-6H3/t13?,14-,15?,20?/m0/s1. The van der Waals surface area contributed by atoms with E-state index in [1.807, 2.05) is 37.9 Å². The van der Waals surface area contributed by atoms with Gasteiger partial charge in [-0.3, -0.25) is 4.79 Å². The van der Waals surface area contributed by atoms with Crippen molar-refractivity contribution in [3.05, 3.63) is 42.3 Å². The number of aromatic nitrogens is 3. The first-order valence-corrected chi connectivity index (χ1v) is 10.7. The summed E-state index contributed by atoms with van der Waals surface area (Å²) in [5.41, 5.74) is -1.05. The lowest BCUT2D eigenvalue weighted by Crippen LogP contribution is -2.67. The molecule has 1 amide bonds. The number of likely N-dealkylation sites (N-methyl/N-ethyl adjacent to an activating group) is 2. The molecule has 0 aliphatic carbocycles. The van der Waals surface area contributed by atoms with Crippen LogP contribution in [-0.4, -0.2) is 81.2 Å². The minimum absolute atomic E-state index is 0.0113. The van der Waals surface area contributed by atoms with Crippen LogP contribution in [0.2, 0.25) is 0 Å². The van der Waals surface area contributed by atoms with Gasteiger partial charge in [0.25, 0.3) is 5.91 Å². The lowest BCUT2D eigenvalue weighted by atomic mass is 9.91. The number of carbonyl (C=O) groups is 1. The second-order valence-electron chi connectivity index (χ2n) is 8.68. The molecular formula is C21H31F3N8O. The van der Waals surface area contributed by atoms with E-state index in [2.05, 4.69) is 26.1 Å². The molecule has 1 aromatic heterocycles. The number of rotatable bonds is 6. The smallest absolute Gasteiger partial charge is 0.373 e. The SMILES string of the molecule is CC1C=CC(n2nccn2)=C(C(=O)N(C)[C@@H](C)CNC2=CNC(C)(C(F)(F)F)C(C)N2)N1C. The highest BCUT2D eigenvalue weighted by molar-refractivity contribution is 6.00. The van der Waals surface area contributed by atoms with E-state index in [9.17, 15) is 18.0 Å². The number of nitrogens with one attached hydrogen (secondary N) is 3. The monoisotopic (exact) mass is 468 g/mol. The van der Waals surface area contributed by atoms with Crippen LogP contribution in [0.25, 0.3) is 5.70 Å². The normalized spacial score (nSPS) is 26.3. The summed E-state index contributed by atoms with van der Waals surface area (Å²) in [4.78, 5) is 18.3. The zero-order chi connectivity index (χ0) is 24.6. The van der Waals surface area contributed by atoms with E-state index in [0.717, 1.165) is 6.92 Å². The van der Waals surface area contributed by atoms with Gasteiger partial charge in [0.2, 0.25) is 0 Å². The number of carbonyl (C=O) groups excluding carboxylic acids is 1. The van der Waals surface area contributed by atoms with E-state index in [1.165, 1.54) is 17.9 Å². The van der Waals surface area contributed by atoms with Crippen LogP contribution < -0.4 is 16.0 Å². The molecule has 0 radical (unpaired) electrons. The van der Waals surface area contributed by atoms with Gasteiger partial charge in [0.05, 0.1) is 18.4 Å². The summed E-state index contributed by atoms with van der Waals surface area (Å²) >= 11 is 0. The third kappa shape index (κ3) is 4.64. The van der Waals surface area contributed by atoms with Gasteiger partial charge in [-0.25, -0.2) is 0 Å². The highest BCUT2D eigenvalue weighted by Gasteiger charge is 2.55. The molecule has 12 heteroatoms. The van der Waals surface area contributed by atoms with E-state index in [1.54, 1.807) is 24.3 Å². The molecule has 0 fully saturated rings. The first kappa shape index (κ1) is 24.5. The van der Waals surface area contributed by atoms with Gasteiger partial charge >= 0.3 is 6.18 Å². The maximum Gasteiger partial charge on any atom is 0.413 e. The number of alkyl halides is 3. The fourth-order valence-electron chi connectivity index (χ4n) is 3.54. The molecule has 1 aromatic rings. The summed E-state index contributed by atoms with van der Waals surface area (Å²) in [6.07, 6.45) is 3.75. The number of allylic oxidation sites excluding steroid dienone is 2. The molecule has 3 heterocycles. The van der Waals surface area contributed by atoms with E-state index < -0.39 is 17.8 Å². The number of halogens is 3. The zero-order valence-corrected chi connectivity index (χ0v) is 19.6. The van der Waals surface area contributed by atoms with Crippen LogP contribution in [0.3, 0.4) is 0 Å². The minimum Gasteiger partial charge on any atom is -0.373 e. The molecule has 182 valence electrons. The third-order valence-corrected chi connectivity index (χ3v) is 6.49. The molecule has 4 atom stereocenters. The maximum absolute atomic E-state index is 13.4. The summed E-state index contributed by atoms with van der Waals surface area (Å²) in [5.74, 6) is 0.223. The van der Waals surface area contributed by atoms with Crippen LogP contribution in [0, 0.1) is 0 Å². The molecule has 2 aliphatic heterocycles. The van der Waals surface area contributed by atoms with E-state index in [-0.39, 0.29) is 18.0 Å². The predicted molar refractivity (Wildman–Crippen MR) is 118 cm³/mol. The quantitative estimate of drug-likeness (QED) is 0.583.